The summed E-state index contributed by atoms with van der Waals surface area (Å²) in [7, 11) is 0. The molecule has 1 unspecified atom stereocenters. The SMILES string of the molecule is CCCCCCN1CCC(C)(C(=O)O)C1. The van der Waals surface area contributed by atoms with Gasteiger partial charge in [-0.15, -0.1) is 0 Å². The molecule has 0 radical (unpaired) electrons. The van der Waals surface area contributed by atoms with Gasteiger partial charge in [0, 0.05) is 6.54 Å². The van der Waals surface area contributed by atoms with Crippen LogP contribution in [0, 0.1) is 5.41 Å². The standard InChI is InChI=1S/C12H23NO2/c1-3-4-5-6-8-13-9-7-12(2,10-13)11(14)15/h3-10H2,1-2H3,(H,14,15). The minimum absolute atomic E-state index is 0.495. The molecule has 1 atom stereocenters. The second-order valence-corrected chi connectivity index (χ2v) is 4.95. The van der Waals surface area contributed by atoms with Crippen LogP contribution in [0.3, 0.4) is 0 Å². The van der Waals surface area contributed by atoms with Gasteiger partial charge in [0.05, 0.1) is 5.41 Å². The molecule has 1 saturated heterocycles. The molecule has 0 bridgehead atoms. The van der Waals surface area contributed by atoms with Crippen molar-refractivity contribution in [3.63, 3.8) is 0 Å². The van der Waals surface area contributed by atoms with Crippen molar-refractivity contribution in [2.24, 2.45) is 5.41 Å². The van der Waals surface area contributed by atoms with Crippen molar-refractivity contribution >= 4 is 5.97 Å². The highest BCUT2D eigenvalue weighted by Crippen LogP contribution is 2.30. The maximum atomic E-state index is 11.0. The first kappa shape index (κ1) is 12.5. The van der Waals surface area contributed by atoms with E-state index in [1.807, 2.05) is 6.92 Å². The topological polar surface area (TPSA) is 40.5 Å². The first-order valence-corrected chi connectivity index (χ1v) is 6.04. The molecule has 0 aromatic rings. The first-order chi connectivity index (χ1) is 7.08. The van der Waals surface area contributed by atoms with Gasteiger partial charge in [0.2, 0.25) is 0 Å². The predicted octanol–water partition coefficient (Wildman–Crippen LogP) is 2.36. The second-order valence-electron chi connectivity index (χ2n) is 4.95. The summed E-state index contributed by atoms with van der Waals surface area (Å²) >= 11 is 0. The summed E-state index contributed by atoms with van der Waals surface area (Å²) in [5.41, 5.74) is -0.495. The van der Waals surface area contributed by atoms with Crippen LogP contribution in [0.25, 0.3) is 0 Å². The zero-order chi connectivity index (χ0) is 11.3. The monoisotopic (exact) mass is 213 g/mol. The molecule has 1 aliphatic rings. The molecule has 3 nitrogen and oxygen atoms in total. The Morgan fingerprint density at radius 3 is 2.67 bits per heavy atom. The molecular weight excluding hydrogens is 190 g/mol. The van der Waals surface area contributed by atoms with Gasteiger partial charge in [-0.25, -0.2) is 0 Å². The van der Waals surface area contributed by atoms with Crippen LogP contribution in [0.15, 0.2) is 0 Å². The van der Waals surface area contributed by atoms with Crippen molar-refractivity contribution in [2.45, 2.75) is 46.0 Å². The number of hydrogen-bond donors (Lipinski definition) is 1. The third-order valence-electron chi connectivity index (χ3n) is 3.40. The molecule has 15 heavy (non-hydrogen) atoms. The van der Waals surface area contributed by atoms with Crippen LogP contribution in [0.4, 0.5) is 0 Å². The van der Waals surface area contributed by atoms with Gasteiger partial charge in [0.25, 0.3) is 0 Å². The molecule has 0 aromatic heterocycles. The lowest BCUT2D eigenvalue weighted by molar-refractivity contribution is -0.147. The van der Waals surface area contributed by atoms with Gasteiger partial charge in [-0.2, -0.15) is 0 Å². The largest absolute Gasteiger partial charge is 0.481 e. The molecule has 0 amide bonds. The highest BCUT2D eigenvalue weighted by Gasteiger charge is 2.39. The van der Waals surface area contributed by atoms with E-state index in [0.29, 0.717) is 0 Å². The van der Waals surface area contributed by atoms with Gasteiger partial charge in [0.15, 0.2) is 0 Å². The molecule has 1 fully saturated rings. The van der Waals surface area contributed by atoms with Crippen LogP contribution in [0.2, 0.25) is 0 Å². The van der Waals surface area contributed by atoms with E-state index in [0.717, 1.165) is 26.1 Å². The number of likely N-dealkylation sites (tertiary alicyclic amines) is 1. The molecular formula is C12H23NO2. The van der Waals surface area contributed by atoms with Crippen molar-refractivity contribution in [2.75, 3.05) is 19.6 Å². The Labute approximate surface area is 92.5 Å². The fraction of sp³-hybridized carbons (Fsp3) is 0.917. The summed E-state index contributed by atoms with van der Waals surface area (Å²) in [6, 6.07) is 0. The molecule has 1 aliphatic heterocycles. The number of hydrogen-bond acceptors (Lipinski definition) is 2. The number of aliphatic carboxylic acids is 1. The van der Waals surface area contributed by atoms with Gasteiger partial charge >= 0.3 is 5.97 Å². The van der Waals surface area contributed by atoms with E-state index in [-0.39, 0.29) is 0 Å². The lowest BCUT2D eigenvalue weighted by atomic mass is 9.90. The van der Waals surface area contributed by atoms with E-state index in [4.69, 9.17) is 5.11 Å². The van der Waals surface area contributed by atoms with Crippen molar-refractivity contribution in [1.82, 2.24) is 4.90 Å². The first-order valence-electron chi connectivity index (χ1n) is 6.04. The fourth-order valence-corrected chi connectivity index (χ4v) is 2.18. The van der Waals surface area contributed by atoms with Gasteiger partial charge in [-0.1, -0.05) is 26.2 Å². The van der Waals surface area contributed by atoms with Crippen molar-refractivity contribution in [3.05, 3.63) is 0 Å². The number of rotatable bonds is 6. The maximum absolute atomic E-state index is 11.0. The number of carboxylic acids is 1. The van der Waals surface area contributed by atoms with Crippen LogP contribution < -0.4 is 0 Å². The highest BCUT2D eigenvalue weighted by molar-refractivity contribution is 5.74. The van der Waals surface area contributed by atoms with Crippen LogP contribution >= 0.6 is 0 Å². The van der Waals surface area contributed by atoms with Crippen LogP contribution in [0.5, 0.6) is 0 Å². The Bertz CT molecular complexity index is 218. The average Bonchev–Trinajstić information content (AvgIpc) is 2.57. The van der Waals surface area contributed by atoms with Crippen molar-refractivity contribution in [1.29, 1.82) is 0 Å². The molecule has 1 N–H and O–H groups in total. The third kappa shape index (κ3) is 3.49. The molecule has 0 aliphatic carbocycles. The Morgan fingerprint density at radius 1 is 1.40 bits per heavy atom. The lowest BCUT2D eigenvalue weighted by Crippen LogP contribution is -2.32. The van der Waals surface area contributed by atoms with E-state index in [9.17, 15) is 4.79 Å². The van der Waals surface area contributed by atoms with E-state index in [1.165, 1.54) is 25.7 Å². The number of carboxylic acid groups (broad SMARTS) is 1. The summed E-state index contributed by atoms with van der Waals surface area (Å²) in [4.78, 5) is 13.3. The summed E-state index contributed by atoms with van der Waals surface area (Å²) in [6.45, 7) is 6.82. The van der Waals surface area contributed by atoms with Crippen LogP contribution in [-0.4, -0.2) is 35.6 Å². The number of carbonyl (C=O) groups is 1. The molecule has 1 rings (SSSR count). The quantitative estimate of drug-likeness (QED) is 0.689. The summed E-state index contributed by atoms with van der Waals surface area (Å²) in [5.74, 6) is -0.640. The second kappa shape index (κ2) is 5.50. The molecule has 1 heterocycles. The van der Waals surface area contributed by atoms with Gasteiger partial charge in [-0.3, -0.25) is 4.79 Å². The molecule has 3 heteroatoms. The van der Waals surface area contributed by atoms with Gasteiger partial charge < -0.3 is 10.0 Å². The molecule has 0 aromatic carbocycles. The van der Waals surface area contributed by atoms with E-state index in [1.54, 1.807) is 0 Å². The van der Waals surface area contributed by atoms with Gasteiger partial charge in [0.1, 0.15) is 0 Å². The predicted molar refractivity (Wildman–Crippen MR) is 60.9 cm³/mol. The Balaban J connectivity index is 2.22. The average molecular weight is 213 g/mol. The smallest absolute Gasteiger partial charge is 0.310 e. The third-order valence-corrected chi connectivity index (χ3v) is 3.40. The van der Waals surface area contributed by atoms with Gasteiger partial charge in [-0.05, 0) is 32.9 Å². The van der Waals surface area contributed by atoms with E-state index < -0.39 is 11.4 Å². The highest BCUT2D eigenvalue weighted by atomic mass is 16.4. The fourth-order valence-electron chi connectivity index (χ4n) is 2.18. The van der Waals surface area contributed by atoms with Crippen molar-refractivity contribution in [3.8, 4) is 0 Å². The minimum atomic E-state index is -0.640. The number of nitrogens with zero attached hydrogens (tertiary/aromatic N) is 1. The number of unbranched alkanes of at least 4 members (excludes halogenated alkanes) is 3. The van der Waals surface area contributed by atoms with Crippen LogP contribution in [-0.2, 0) is 4.79 Å². The molecule has 0 saturated carbocycles. The molecule has 88 valence electrons. The molecule has 0 spiro atoms. The summed E-state index contributed by atoms with van der Waals surface area (Å²) in [5, 5.41) is 9.07. The van der Waals surface area contributed by atoms with E-state index >= 15 is 0 Å². The minimum Gasteiger partial charge on any atom is -0.481 e. The Kier molecular flexibility index (Phi) is 4.58. The van der Waals surface area contributed by atoms with Crippen LogP contribution in [0.1, 0.15) is 46.0 Å². The lowest BCUT2D eigenvalue weighted by Gasteiger charge is -2.19. The van der Waals surface area contributed by atoms with E-state index in [2.05, 4.69) is 11.8 Å². The Morgan fingerprint density at radius 2 is 2.13 bits per heavy atom. The summed E-state index contributed by atoms with van der Waals surface area (Å²) in [6.07, 6.45) is 5.84. The summed E-state index contributed by atoms with van der Waals surface area (Å²) < 4.78 is 0. The maximum Gasteiger partial charge on any atom is 0.310 e. The Hall–Kier alpha value is -0.570. The van der Waals surface area contributed by atoms with Crippen molar-refractivity contribution < 1.29 is 9.90 Å². The normalized spacial score (nSPS) is 27.1. The zero-order valence-electron chi connectivity index (χ0n) is 9.96. The zero-order valence-corrected chi connectivity index (χ0v) is 9.96.